The number of nitrogens with one attached hydrogen (secondary N) is 1. The SMILES string of the molecule is CCOc1nc(N)nc2c1ncn2[C@@H]1O[C@@H]2CO[PH](O)(N[C@@H](C)C(=O)OC3CCCC3)O[C@H]2[C@@]1(C)F. The van der Waals surface area contributed by atoms with Crippen LogP contribution in [-0.2, 0) is 23.3 Å². The molecule has 0 amide bonds. The van der Waals surface area contributed by atoms with Crippen LogP contribution < -0.4 is 15.6 Å². The molecule has 0 unspecified atom stereocenters. The molecule has 36 heavy (non-hydrogen) atoms. The second-order valence-electron chi connectivity index (χ2n) is 9.46. The van der Waals surface area contributed by atoms with Crippen LogP contribution in [0.15, 0.2) is 6.33 Å². The summed E-state index contributed by atoms with van der Waals surface area (Å²) in [5.74, 6) is -0.403. The number of anilines is 1. The van der Waals surface area contributed by atoms with Gasteiger partial charge in [0.2, 0.25) is 0 Å². The molecule has 2 aromatic heterocycles. The van der Waals surface area contributed by atoms with E-state index in [1.807, 2.05) is 0 Å². The van der Waals surface area contributed by atoms with Gasteiger partial charge in [0.15, 0.2) is 0 Å². The van der Waals surface area contributed by atoms with Crippen LogP contribution in [0, 0.1) is 0 Å². The molecule has 3 aliphatic rings. The molecule has 0 spiro atoms. The number of nitrogens with zero attached hydrogens (tertiary/aromatic N) is 4. The van der Waals surface area contributed by atoms with E-state index in [0.29, 0.717) is 12.1 Å². The normalized spacial score (nSPS) is 31.8. The molecule has 2 saturated heterocycles. The molecular weight excluding hydrogens is 498 g/mol. The number of ether oxygens (including phenoxy) is 3. The van der Waals surface area contributed by atoms with Crippen LogP contribution in [0.5, 0.6) is 5.88 Å². The van der Waals surface area contributed by atoms with E-state index in [1.165, 1.54) is 17.8 Å². The predicted molar refractivity (Wildman–Crippen MR) is 127 cm³/mol. The minimum absolute atomic E-state index is 0.0623. The number of halogens is 1. The van der Waals surface area contributed by atoms with E-state index >= 15 is 4.39 Å². The van der Waals surface area contributed by atoms with Gasteiger partial charge in [-0.25, -0.2) is 0 Å². The van der Waals surface area contributed by atoms with Gasteiger partial charge in [-0.1, -0.05) is 0 Å². The Morgan fingerprint density at radius 2 is 2.19 bits per heavy atom. The molecule has 5 rings (SSSR count). The summed E-state index contributed by atoms with van der Waals surface area (Å²) >= 11 is 0. The molecule has 0 bridgehead atoms. The third-order valence-corrected chi connectivity index (χ3v) is 8.62. The van der Waals surface area contributed by atoms with Crippen LogP contribution in [0.3, 0.4) is 0 Å². The van der Waals surface area contributed by atoms with E-state index in [0.717, 1.165) is 25.7 Å². The van der Waals surface area contributed by atoms with Crippen molar-refractivity contribution in [3.63, 3.8) is 0 Å². The topological polar surface area (TPSA) is 165 Å². The summed E-state index contributed by atoms with van der Waals surface area (Å²) < 4.78 is 45.9. The number of hydrogen-bond donors (Lipinski definition) is 3. The summed E-state index contributed by atoms with van der Waals surface area (Å²) in [5.41, 5.74) is 4.23. The minimum atomic E-state index is -4.15. The predicted octanol–water partition coefficient (Wildman–Crippen LogP) is 1.71. The van der Waals surface area contributed by atoms with Gasteiger partial charge in [-0.3, -0.25) is 0 Å². The van der Waals surface area contributed by atoms with E-state index < -0.39 is 44.2 Å². The Labute approximate surface area is 207 Å². The summed E-state index contributed by atoms with van der Waals surface area (Å²) in [6, 6.07) is -0.906. The zero-order valence-corrected chi connectivity index (χ0v) is 21.3. The van der Waals surface area contributed by atoms with E-state index in [4.69, 9.17) is 29.0 Å². The van der Waals surface area contributed by atoms with Crippen LogP contribution in [0.25, 0.3) is 11.2 Å². The average Bonchev–Trinajstić information content (AvgIpc) is 3.53. The van der Waals surface area contributed by atoms with Crippen molar-refractivity contribution in [1.82, 2.24) is 24.6 Å². The fraction of sp³-hybridized carbons (Fsp3) is 0.714. The number of carbonyl (C=O) groups excluding carboxylic acids is 1. The molecule has 15 heteroatoms. The summed E-state index contributed by atoms with van der Waals surface area (Å²) in [5, 5.41) is 2.71. The number of rotatable bonds is 7. The van der Waals surface area contributed by atoms with Gasteiger partial charge in [0, 0.05) is 0 Å². The molecule has 5 atom stereocenters. The van der Waals surface area contributed by atoms with Gasteiger partial charge in [0.05, 0.1) is 0 Å². The first kappa shape index (κ1) is 25.4. The maximum atomic E-state index is 16.3. The van der Waals surface area contributed by atoms with Crippen LogP contribution in [-0.4, -0.2) is 73.6 Å². The van der Waals surface area contributed by atoms with Gasteiger partial charge < -0.3 is 0 Å². The summed E-state index contributed by atoms with van der Waals surface area (Å²) in [6.45, 7) is 4.82. The molecular formula is C21H32FN6O7P. The third-order valence-electron chi connectivity index (χ3n) is 6.69. The maximum absolute atomic E-state index is 16.3. The van der Waals surface area contributed by atoms with Crippen molar-refractivity contribution in [1.29, 1.82) is 0 Å². The van der Waals surface area contributed by atoms with E-state index in [9.17, 15) is 9.69 Å². The standard InChI is InChI=1S/C21H32FN6O7P/c1-4-31-17-14-16(25-20(23)26-17)28(10-24-14)19-21(3,22)15-13(34-19)9-32-36(30,35-15)27-11(2)18(29)33-12-7-5-6-8-12/h10-13,15,19,27,30,36H,4-9H2,1-3H3,(H2,23,25,26)/t11-,13+,15+,19+,21+/m0/s1. The quantitative estimate of drug-likeness (QED) is 0.351. The number of alkyl halides is 1. The van der Waals surface area contributed by atoms with E-state index in [2.05, 4.69) is 20.0 Å². The Hall–Kier alpha value is -2.22. The van der Waals surface area contributed by atoms with Crippen LogP contribution >= 0.6 is 8.09 Å². The van der Waals surface area contributed by atoms with Crippen molar-refractivity contribution in [3.05, 3.63) is 6.33 Å². The summed E-state index contributed by atoms with van der Waals surface area (Å²) in [6.07, 6.45) is 1.67. The molecule has 2 aliphatic heterocycles. The number of esters is 1. The van der Waals surface area contributed by atoms with Gasteiger partial charge in [-0.2, -0.15) is 0 Å². The van der Waals surface area contributed by atoms with Gasteiger partial charge in [-0.15, -0.1) is 0 Å². The number of aromatic nitrogens is 4. The number of nitrogen functional groups attached to an aromatic ring is 1. The van der Waals surface area contributed by atoms with Gasteiger partial charge in [0.1, 0.15) is 0 Å². The van der Waals surface area contributed by atoms with Gasteiger partial charge in [-0.05, 0) is 0 Å². The Kier molecular flexibility index (Phi) is 6.77. The molecule has 1 saturated carbocycles. The van der Waals surface area contributed by atoms with E-state index in [-0.39, 0.29) is 30.2 Å². The average molecular weight is 530 g/mol. The first-order valence-electron chi connectivity index (χ1n) is 12.1. The Morgan fingerprint density at radius 3 is 2.92 bits per heavy atom. The number of hydrogen-bond acceptors (Lipinski definition) is 12. The second-order valence-corrected chi connectivity index (χ2v) is 11.4. The second kappa shape index (κ2) is 9.58. The summed E-state index contributed by atoms with van der Waals surface area (Å²) in [4.78, 5) is 36.0. The first-order valence-corrected chi connectivity index (χ1v) is 13.9. The molecule has 0 radical (unpaired) electrons. The molecule has 0 aromatic carbocycles. The molecule has 1 aliphatic carbocycles. The first-order chi connectivity index (χ1) is 17.1. The molecule has 3 fully saturated rings. The molecule has 4 N–H and O–H groups in total. The van der Waals surface area contributed by atoms with Crippen molar-refractivity contribution in [3.8, 4) is 5.88 Å². The van der Waals surface area contributed by atoms with Crippen molar-refractivity contribution in [2.24, 2.45) is 0 Å². The zero-order valence-electron chi connectivity index (χ0n) is 20.3. The number of imidazole rings is 1. The van der Waals surface area contributed by atoms with Crippen LogP contribution in [0.2, 0.25) is 0 Å². The summed E-state index contributed by atoms with van der Waals surface area (Å²) in [7, 11) is -4.15. The molecule has 200 valence electrons. The van der Waals surface area contributed by atoms with E-state index in [1.54, 1.807) is 13.8 Å². The monoisotopic (exact) mass is 530 g/mol. The van der Waals surface area contributed by atoms with Crippen molar-refractivity contribution in [2.45, 2.75) is 82.7 Å². The number of carbonyl (C=O) groups is 1. The Morgan fingerprint density at radius 1 is 1.44 bits per heavy atom. The Balaban J connectivity index is 1.33. The number of fused-ring (bicyclic) bond motifs is 2. The van der Waals surface area contributed by atoms with Crippen LogP contribution in [0.4, 0.5) is 10.3 Å². The van der Waals surface area contributed by atoms with Crippen molar-refractivity contribution < 1.29 is 37.3 Å². The number of nitrogens with two attached hydrogens (primary N) is 1. The Bertz CT molecular complexity index is 1130. The molecule has 13 nitrogen and oxygen atoms in total. The van der Waals surface area contributed by atoms with Gasteiger partial charge >= 0.3 is 207 Å². The fourth-order valence-corrected chi connectivity index (χ4v) is 6.93. The molecule has 4 heterocycles. The fourth-order valence-electron chi connectivity index (χ4n) is 4.93. The van der Waals surface area contributed by atoms with Gasteiger partial charge in [0.25, 0.3) is 0 Å². The molecule has 2 aromatic rings. The zero-order chi connectivity index (χ0) is 25.7. The van der Waals surface area contributed by atoms with Crippen LogP contribution in [0.1, 0.15) is 52.7 Å². The third kappa shape index (κ3) is 4.61. The van der Waals surface area contributed by atoms with Crippen molar-refractivity contribution in [2.75, 3.05) is 18.9 Å². The van der Waals surface area contributed by atoms with Crippen molar-refractivity contribution >= 4 is 31.2 Å².